The third kappa shape index (κ3) is 3.93. The van der Waals surface area contributed by atoms with Gasteiger partial charge >= 0.3 is 0 Å². The lowest BCUT2D eigenvalue weighted by Gasteiger charge is -2.18. The smallest absolute Gasteiger partial charge is 0.185 e. The number of thiazole rings is 1. The molecule has 0 radical (unpaired) electrons. The summed E-state index contributed by atoms with van der Waals surface area (Å²) in [5, 5.41) is 4.63. The molecule has 5 heteroatoms. The van der Waals surface area contributed by atoms with Crippen LogP contribution < -0.4 is 10.2 Å². The van der Waals surface area contributed by atoms with Gasteiger partial charge in [-0.15, -0.1) is 11.3 Å². The number of ether oxygens (including phenoxy) is 1. The highest BCUT2D eigenvalue weighted by molar-refractivity contribution is 7.15. The van der Waals surface area contributed by atoms with Gasteiger partial charge < -0.3 is 15.0 Å². The molecule has 1 aromatic rings. The number of aromatic nitrogens is 1. The number of rotatable bonds is 6. The van der Waals surface area contributed by atoms with Crippen molar-refractivity contribution in [3.8, 4) is 0 Å². The quantitative estimate of drug-likeness (QED) is 0.876. The zero-order valence-electron chi connectivity index (χ0n) is 13.3. The summed E-state index contributed by atoms with van der Waals surface area (Å²) in [4.78, 5) is 8.53. The van der Waals surface area contributed by atoms with E-state index in [1.807, 2.05) is 11.3 Å². The average Bonchev–Trinajstić information content (AvgIpc) is 2.91. The first-order chi connectivity index (χ1) is 9.41. The predicted octanol–water partition coefficient (Wildman–Crippen LogP) is 3.02. The summed E-state index contributed by atoms with van der Waals surface area (Å²) in [6, 6.07) is 0.488. The lowest BCUT2D eigenvalue weighted by atomic mass is 9.93. The van der Waals surface area contributed by atoms with Crippen molar-refractivity contribution in [2.24, 2.45) is 5.41 Å². The third-order valence-corrected chi connectivity index (χ3v) is 4.83. The first-order valence-electron chi connectivity index (χ1n) is 7.37. The molecule has 1 fully saturated rings. The molecule has 1 N–H and O–H groups in total. The van der Waals surface area contributed by atoms with E-state index in [4.69, 9.17) is 9.72 Å². The van der Waals surface area contributed by atoms with Crippen LogP contribution in [0.25, 0.3) is 0 Å². The number of hydrogen-bond acceptors (Lipinski definition) is 5. The Labute approximate surface area is 126 Å². The number of nitrogens with one attached hydrogen (secondary N) is 1. The molecule has 0 aliphatic carbocycles. The van der Waals surface area contributed by atoms with Gasteiger partial charge in [0.15, 0.2) is 5.13 Å². The van der Waals surface area contributed by atoms with Gasteiger partial charge in [0, 0.05) is 37.7 Å². The average molecular weight is 297 g/mol. The molecule has 0 atom stereocenters. The van der Waals surface area contributed by atoms with Crippen LogP contribution in [0.2, 0.25) is 0 Å². The predicted molar refractivity (Wildman–Crippen MR) is 85.4 cm³/mol. The molecule has 0 unspecified atom stereocenters. The Balaban J connectivity index is 2.12. The molecule has 1 aromatic heterocycles. The standard InChI is InChI=1S/C15H27N3OS/c1-11(2)16-8-13-12(9-19-5)17-14(20-13)18-7-6-15(3,4)10-18/h11,16H,6-10H2,1-5H3. The Hall–Kier alpha value is -0.650. The van der Waals surface area contributed by atoms with Crippen molar-refractivity contribution < 1.29 is 4.74 Å². The van der Waals surface area contributed by atoms with E-state index in [2.05, 4.69) is 37.9 Å². The fourth-order valence-corrected chi connectivity index (χ4v) is 3.50. The Morgan fingerprint density at radius 2 is 2.20 bits per heavy atom. The molecule has 0 amide bonds. The number of hydrogen-bond donors (Lipinski definition) is 1. The second-order valence-corrected chi connectivity index (χ2v) is 7.73. The summed E-state index contributed by atoms with van der Waals surface area (Å²) in [5.41, 5.74) is 1.49. The van der Waals surface area contributed by atoms with Crippen molar-refractivity contribution in [3.05, 3.63) is 10.6 Å². The molecular weight excluding hydrogens is 270 g/mol. The molecule has 4 nitrogen and oxygen atoms in total. The fourth-order valence-electron chi connectivity index (χ4n) is 2.47. The minimum atomic E-state index is 0.406. The molecule has 0 aromatic carbocycles. The van der Waals surface area contributed by atoms with Crippen molar-refractivity contribution >= 4 is 16.5 Å². The maximum Gasteiger partial charge on any atom is 0.185 e. The summed E-state index contributed by atoms with van der Waals surface area (Å²) in [6.45, 7) is 12.7. The summed E-state index contributed by atoms with van der Waals surface area (Å²) in [6.07, 6.45) is 1.24. The minimum Gasteiger partial charge on any atom is -0.378 e. The SMILES string of the molecule is COCc1nc(N2CCC(C)(C)C2)sc1CNC(C)C. The first kappa shape index (κ1) is 15.7. The Morgan fingerprint density at radius 3 is 2.75 bits per heavy atom. The van der Waals surface area contributed by atoms with E-state index in [0.717, 1.165) is 30.5 Å². The number of methoxy groups -OCH3 is 1. The van der Waals surface area contributed by atoms with Crippen LogP contribution in [-0.2, 0) is 17.9 Å². The molecule has 114 valence electrons. The van der Waals surface area contributed by atoms with Gasteiger partial charge in [0.05, 0.1) is 12.3 Å². The van der Waals surface area contributed by atoms with E-state index in [1.165, 1.54) is 11.3 Å². The molecule has 1 saturated heterocycles. The summed E-state index contributed by atoms with van der Waals surface area (Å²) in [7, 11) is 1.73. The van der Waals surface area contributed by atoms with E-state index in [0.29, 0.717) is 18.1 Å². The number of anilines is 1. The van der Waals surface area contributed by atoms with Gasteiger partial charge in [0.2, 0.25) is 0 Å². The zero-order chi connectivity index (χ0) is 14.8. The van der Waals surface area contributed by atoms with Gasteiger partial charge in [-0.05, 0) is 11.8 Å². The van der Waals surface area contributed by atoms with Crippen molar-refractivity contribution in [2.45, 2.75) is 53.3 Å². The van der Waals surface area contributed by atoms with E-state index in [-0.39, 0.29) is 0 Å². The van der Waals surface area contributed by atoms with Crippen LogP contribution in [0.3, 0.4) is 0 Å². The highest BCUT2D eigenvalue weighted by Gasteiger charge is 2.31. The van der Waals surface area contributed by atoms with E-state index in [1.54, 1.807) is 7.11 Å². The van der Waals surface area contributed by atoms with Crippen molar-refractivity contribution in [1.29, 1.82) is 0 Å². The molecule has 0 bridgehead atoms. The van der Waals surface area contributed by atoms with Gasteiger partial charge in [-0.1, -0.05) is 27.7 Å². The minimum absolute atomic E-state index is 0.406. The fraction of sp³-hybridized carbons (Fsp3) is 0.800. The lowest BCUT2D eigenvalue weighted by molar-refractivity contribution is 0.181. The van der Waals surface area contributed by atoms with Crippen LogP contribution in [0, 0.1) is 5.41 Å². The molecule has 2 rings (SSSR count). The highest BCUT2D eigenvalue weighted by atomic mass is 32.1. The zero-order valence-corrected chi connectivity index (χ0v) is 14.1. The van der Waals surface area contributed by atoms with E-state index < -0.39 is 0 Å². The number of nitrogens with zero attached hydrogens (tertiary/aromatic N) is 2. The Kier molecular flexibility index (Phi) is 5.04. The van der Waals surface area contributed by atoms with E-state index >= 15 is 0 Å². The Bertz CT molecular complexity index is 442. The van der Waals surface area contributed by atoms with Crippen LogP contribution >= 0.6 is 11.3 Å². The second-order valence-electron chi connectivity index (χ2n) is 6.67. The Morgan fingerprint density at radius 1 is 1.45 bits per heavy atom. The molecular formula is C15H27N3OS. The van der Waals surface area contributed by atoms with Crippen LogP contribution in [0.15, 0.2) is 0 Å². The summed E-state index contributed by atoms with van der Waals surface area (Å²) < 4.78 is 5.29. The molecule has 1 aliphatic heterocycles. The van der Waals surface area contributed by atoms with Gasteiger partial charge in [0.1, 0.15) is 0 Å². The van der Waals surface area contributed by atoms with Crippen molar-refractivity contribution in [3.63, 3.8) is 0 Å². The van der Waals surface area contributed by atoms with Crippen LogP contribution in [-0.4, -0.2) is 31.2 Å². The third-order valence-electron chi connectivity index (χ3n) is 3.67. The summed E-state index contributed by atoms with van der Waals surface area (Å²) >= 11 is 1.81. The molecule has 0 saturated carbocycles. The van der Waals surface area contributed by atoms with Gasteiger partial charge in [-0.25, -0.2) is 4.98 Å². The molecule has 20 heavy (non-hydrogen) atoms. The highest BCUT2D eigenvalue weighted by Crippen LogP contribution is 2.35. The molecule has 1 aliphatic rings. The second kappa shape index (κ2) is 6.41. The van der Waals surface area contributed by atoms with Gasteiger partial charge in [0.25, 0.3) is 0 Å². The van der Waals surface area contributed by atoms with Gasteiger partial charge in [-0.3, -0.25) is 0 Å². The van der Waals surface area contributed by atoms with Crippen molar-refractivity contribution in [1.82, 2.24) is 10.3 Å². The molecule has 2 heterocycles. The normalized spacial score (nSPS) is 18.2. The lowest BCUT2D eigenvalue weighted by Crippen LogP contribution is -2.22. The molecule has 0 spiro atoms. The summed E-state index contributed by atoms with van der Waals surface area (Å²) in [5.74, 6) is 0. The van der Waals surface area contributed by atoms with Crippen LogP contribution in [0.4, 0.5) is 5.13 Å². The monoisotopic (exact) mass is 297 g/mol. The van der Waals surface area contributed by atoms with Crippen molar-refractivity contribution in [2.75, 3.05) is 25.1 Å². The van der Waals surface area contributed by atoms with Crippen LogP contribution in [0.1, 0.15) is 44.7 Å². The maximum atomic E-state index is 5.29. The van der Waals surface area contributed by atoms with E-state index in [9.17, 15) is 0 Å². The first-order valence-corrected chi connectivity index (χ1v) is 8.19. The maximum absolute atomic E-state index is 5.29. The van der Waals surface area contributed by atoms with Crippen LogP contribution in [0.5, 0.6) is 0 Å². The topological polar surface area (TPSA) is 37.4 Å². The van der Waals surface area contributed by atoms with Gasteiger partial charge in [-0.2, -0.15) is 0 Å². The largest absolute Gasteiger partial charge is 0.378 e.